The maximum atomic E-state index is 11.4. The Kier molecular flexibility index (Phi) is 3.65. The Labute approximate surface area is 83.9 Å². The third-order valence-electron chi connectivity index (χ3n) is 2.17. The summed E-state index contributed by atoms with van der Waals surface area (Å²) < 4.78 is 4.68. The second-order valence-electron chi connectivity index (χ2n) is 3.23. The van der Waals surface area contributed by atoms with Crippen LogP contribution in [0.4, 0.5) is 0 Å². The van der Waals surface area contributed by atoms with E-state index >= 15 is 0 Å². The number of ether oxygens (including phenoxy) is 1. The number of aryl methyl sites for hydroxylation is 1. The molecule has 1 aromatic carbocycles. The van der Waals surface area contributed by atoms with Crippen molar-refractivity contribution in [3.63, 3.8) is 0 Å². The van der Waals surface area contributed by atoms with Crippen molar-refractivity contribution >= 4 is 5.97 Å². The summed E-state index contributed by atoms with van der Waals surface area (Å²) in [5, 5.41) is 0. The van der Waals surface area contributed by atoms with Gasteiger partial charge in [0, 0.05) is 6.54 Å². The van der Waals surface area contributed by atoms with E-state index in [0.717, 1.165) is 11.1 Å². The Balaban J connectivity index is 2.94. The van der Waals surface area contributed by atoms with Crippen LogP contribution in [-0.2, 0) is 9.53 Å². The second-order valence-corrected chi connectivity index (χ2v) is 3.23. The molecule has 14 heavy (non-hydrogen) atoms. The minimum Gasteiger partial charge on any atom is -0.469 e. The van der Waals surface area contributed by atoms with E-state index in [0.29, 0.717) is 0 Å². The van der Waals surface area contributed by atoms with E-state index in [2.05, 4.69) is 4.74 Å². The monoisotopic (exact) mass is 193 g/mol. The molecular weight excluding hydrogens is 178 g/mol. The highest BCUT2D eigenvalue weighted by Gasteiger charge is 2.19. The van der Waals surface area contributed by atoms with Crippen molar-refractivity contribution < 1.29 is 9.53 Å². The molecule has 3 heteroatoms. The molecule has 76 valence electrons. The Morgan fingerprint density at radius 1 is 1.57 bits per heavy atom. The van der Waals surface area contributed by atoms with Crippen molar-refractivity contribution in [1.29, 1.82) is 0 Å². The summed E-state index contributed by atoms with van der Waals surface area (Å²) in [4.78, 5) is 11.4. The molecule has 3 nitrogen and oxygen atoms in total. The third-order valence-corrected chi connectivity index (χ3v) is 2.17. The molecule has 0 spiro atoms. The molecule has 0 saturated carbocycles. The summed E-state index contributed by atoms with van der Waals surface area (Å²) in [6.45, 7) is 2.25. The minimum atomic E-state index is -0.347. The largest absolute Gasteiger partial charge is 0.469 e. The van der Waals surface area contributed by atoms with Crippen molar-refractivity contribution in [2.24, 2.45) is 5.73 Å². The lowest BCUT2D eigenvalue weighted by Gasteiger charge is -2.12. The van der Waals surface area contributed by atoms with Gasteiger partial charge in [-0.05, 0) is 12.5 Å². The van der Waals surface area contributed by atoms with Crippen molar-refractivity contribution in [2.45, 2.75) is 12.8 Å². The molecule has 0 aromatic heterocycles. The highest BCUT2D eigenvalue weighted by atomic mass is 16.5. The fourth-order valence-electron chi connectivity index (χ4n) is 1.40. The SMILES string of the molecule is COC(=O)C(CN)c1cccc(C)c1. The fraction of sp³-hybridized carbons (Fsp3) is 0.364. The number of benzene rings is 1. The molecule has 0 radical (unpaired) electrons. The molecule has 0 aliphatic rings. The second kappa shape index (κ2) is 4.77. The zero-order valence-corrected chi connectivity index (χ0v) is 8.49. The summed E-state index contributed by atoms with van der Waals surface area (Å²) in [5.41, 5.74) is 7.56. The van der Waals surface area contributed by atoms with Gasteiger partial charge in [-0.2, -0.15) is 0 Å². The first-order chi connectivity index (χ1) is 6.69. The average molecular weight is 193 g/mol. The normalized spacial score (nSPS) is 12.2. The minimum absolute atomic E-state index is 0.274. The van der Waals surface area contributed by atoms with E-state index in [-0.39, 0.29) is 18.4 Å². The zero-order valence-electron chi connectivity index (χ0n) is 8.49. The lowest BCUT2D eigenvalue weighted by atomic mass is 9.98. The summed E-state index contributed by atoms with van der Waals surface area (Å²) in [7, 11) is 1.38. The first-order valence-electron chi connectivity index (χ1n) is 4.53. The topological polar surface area (TPSA) is 52.3 Å². The van der Waals surface area contributed by atoms with Crippen LogP contribution < -0.4 is 5.73 Å². The van der Waals surface area contributed by atoms with Gasteiger partial charge in [0.2, 0.25) is 0 Å². The van der Waals surface area contributed by atoms with Gasteiger partial charge in [-0.15, -0.1) is 0 Å². The molecule has 0 amide bonds. The van der Waals surface area contributed by atoms with Crippen LogP contribution in [0.15, 0.2) is 24.3 Å². The predicted octanol–water partition coefficient (Wildman–Crippen LogP) is 1.21. The van der Waals surface area contributed by atoms with Gasteiger partial charge in [-0.1, -0.05) is 29.8 Å². The Bertz CT molecular complexity index is 323. The van der Waals surface area contributed by atoms with Gasteiger partial charge < -0.3 is 10.5 Å². The van der Waals surface area contributed by atoms with Crippen LogP contribution in [0.5, 0.6) is 0 Å². The fourth-order valence-corrected chi connectivity index (χ4v) is 1.40. The predicted molar refractivity (Wildman–Crippen MR) is 55.0 cm³/mol. The first-order valence-corrected chi connectivity index (χ1v) is 4.53. The molecule has 0 bridgehead atoms. The van der Waals surface area contributed by atoms with Crippen LogP contribution in [0.3, 0.4) is 0 Å². The molecule has 1 aromatic rings. The quantitative estimate of drug-likeness (QED) is 0.734. The maximum Gasteiger partial charge on any atom is 0.314 e. The van der Waals surface area contributed by atoms with Crippen molar-refractivity contribution in [1.82, 2.24) is 0 Å². The van der Waals surface area contributed by atoms with Crippen molar-refractivity contribution in [2.75, 3.05) is 13.7 Å². The molecule has 0 aliphatic carbocycles. The van der Waals surface area contributed by atoms with Crippen molar-refractivity contribution in [3.8, 4) is 0 Å². The molecule has 0 heterocycles. The Morgan fingerprint density at radius 2 is 2.29 bits per heavy atom. The summed E-state index contributed by atoms with van der Waals surface area (Å²) >= 11 is 0. The molecule has 1 unspecified atom stereocenters. The van der Waals surface area contributed by atoms with E-state index in [1.54, 1.807) is 0 Å². The Morgan fingerprint density at radius 3 is 2.79 bits per heavy atom. The Hall–Kier alpha value is -1.35. The molecule has 0 aliphatic heterocycles. The zero-order chi connectivity index (χ0) is 10.6. The molecule has 2 N–H and O–H groups in total. The van der Waals surface area contributed by atoms with Crippen LogP contribution in [0.2, 0.25) is 0 Å². The van der Waals surface area contributed by atoms with E-state index in [4.69, 9.17) is 5.73 Å². The molecule has 1 rings (SSSR count). The lowest BCUT2D eigenvalue weighted by Crippen LogP contribution is -2.22. The lowest BCUT2D eigenvalue weighted by molar-refractivity contribution is -0.142. The standard InChI is InChI=1S/C11H15NO2/c1-8-4-3-5-9(6-8)10(7-12)11(13)14-2/h3-6,10H,7,12H2,1-2H3. The van der Waals surface area contributed by atoms with Gasteiger partial charge >= 0.3 is 5.97 Å². The molecular formula is C11H15NO2. The number of carbonyl (C=O) groups is 1. The van der Waals surface area contributed by atoms with E-state index in [1.165, 1.54) is 7.11 Å². The third kappa shape index (κ3) is 2.33. The van der Waals surface area contributed by atoms with E-state index in [9.17, 15) is 4.79 Å². The summed E-state index contributed by atoms with van der Waals surface area (Å²) in [5.74, 6) is -0.627. The molecule has 0 fully saturated rings. The van der Waals surface area contributed by atoms with Crippen LogP contribution in [0.1, 0.15) is 17.0 Å². The van der Waals surface area contributed by atoms with Gasteiger partial charge in [-0.25, -0.2) is 0 Å². The first kappa shape index (κ1) is 10.7. The highest BCUT2D eigenvalue weighted by Crippen LogP contribution is 2.17. The number of hydrogen-bond donors (Lipinski definition) is 1. The number of carbonyl (C=O) groups excluding carboxylic acids is 1. The molecule has 0 saturated heterocycles. The number of nitrogens with two attached hydrogens (primary N) is 1. The number of methoxy groups -OCH3 is 1. The average Bonchev–Trinajstić information content (AvgIpc) is 2.19. The number of rotatable bonds is 3. The van der Waals surface area contributed by atoms with Crippen molar-refractivity contribution in [3.05, 3.63) is 35.4 Å². The summed E-state index contributed by atoms with van der Waals surface area (Å²) in [6, 6.07) is 7.74. The van der Waals surface area contributed by atoms with Gasteiger partial charge in [-0.3, -0.25) is 4.79 Å². The van der Waals surface area contributed by atoms with Gasteiger partial charge in [0.05, 0.1) is 13.0 Å². The van der Waals surface area contributed by atoms with Gasteiger partial charge in [0.15, 0.2) is 0 Å². The summed E-state index contributed by atoms with van der Waals surface area (Å²) in [6.07, 6.45) is 0. The van der Waals surface area contributed by atoms with Crippen LogP contribution in [0, 0.1) is 6.92 Å². The van der Waals surface area contributed by atoms with E-state index in [1.807, 2.05) is 31.2 Å². The van der Waals surface area contributed by atoms with Crippen LogP contribution in [0.25, 0.3) is 0 Å². The van der Waals surface area contributed by atoms with E-state index < -0.39 is 0 Å². The van der Waals surface area contributed by atoms with Crippen LogP contribution >= 0.6 is 0 Å². The maximum absolute atomic E-state index is 11.4. The smallest absolute Gasteiger partial charge is 0.314 e. The number of esters is 1. The van der Waals surface area contributed by atoms with Crippen LogP contribution in [-0.4, -0.2) is 19.6 Å². The highest BCUT2D eigenvalue weighted by molar-refractivity contribution is 5.78. The van der Waals surface area contributed by atoms with Gasteiger partial charge in [0.25, 0.3) is 0 Å². The molecule has 1 atom stereocenters. The van der Waals surface area contributed by atoms with Gasteiger partial charge in [0.1, 0.15) is 0 Å². The number of hydrogen-bond acceptors (Lipinski definition) is 3.